The first-order valence-electron chi connectivity index (χ1n) is 7.19. The summed E-state index contributed by atoms with van der Waals surface area (Å²) in [5.41, 5.74) is 7.93. The largest absolute Gasteiger partial charge is 0.397 e. The van der Waals surface area contributed by atoms with Gasteiger partial charge in [-0.1, -0.05) is 6.07 Å². The molecule has 2 aromatic heterocycles. The first kappa shape index (κ1) is 15.1. The Morgan fingerprint density at radius 1 is 1.43 bits per heavy atom. The van der Waals surface area contributed by atoms with Crippen molar-refractivity contribution < 1.29 is 4.79 Å². The number of aromatic nitrogens is 2. The normalized spacial score (nSPS) is 10.9. The molecule has 2 N–H and O–H groups in total. The van der Waals surface area contributed by atoms with Gasteiger partial charge in [-0.25, -0.2) is 0 Å². The molecule has 0 fully saturated rings. The Morgan fingerprint density at radius 3 is 2.76 bits per heavy atom. The molecular weight excluding hydrogens is 264 g/mol. The van der Waals surface area contributed by atoms with Gasteiger partial charge in [0.2, 0.25) is 0 Å². The van der Waals surface area contributed by atoms with Crippen molar-refractivity contribution in [2.45, 2.75) is 39.9 Å². The summed E-state index contributed by atoms with van der Waals surface area (Å²) in [7, 11) is 0. The van der Waals surface area contributed by atoms with E-state index >= 15 is 0 Å². The Balaban J connectivity index is 2.27. The summed E-state index contributed by atoms with van der Waals surface area (Å²) >= 11 is 0. The van der Waals surface area contributed by atoms with Gasteiger partial charge in [0.25, 0.3) is 5.91 Å². The van der Waals surface area contributed by atoms with E-state index in [1.807, 2.05) is 48.4 Å². The Bertz CT molecular complexity index is 604. The van der Waals surface area contributed by atoms with E-state index in [0.29, 0.717) is 24.5 Å². The summed E-state index contributed by atoms with van der Waals surface area (Å²) in [4.78, 5) is 18.9. The number of rotatable bonds is 5. The fourth-order valence-corrected chi connectivity index (χ4v) is 2.28. The fourth-order valence-electron chi connectivity index (χ4n) is 2.28. The van der Waals surface area contributed by atoms with Gasteiger partial charge in [-0.3, -0.25) is 9.78 Å². The molecule has 0 aliphatic carbocycles. The molecule has 2 heterocycles. The molecule has 0 saturated carbocycles. The zero-order valence-electron chi connectivity index (χ0n) is 12.8. The van der Waals surface area contributed by atoms with Crippen LogP contribution in [0.1, 0.15) is 37.0 Å². The molecular formula is C16H22N4O. The smallest absolute Gasteiger partial charge is 0.271 e. The molecule has 0 aliphatic rings. The standard InChI is InChI=1S/C16H22N4O/c1-4-19-10-13(17)9-15(19)16(21)20(12(2)3)11-14-7-5-6-8-18-14/h5-10,12H,4,11,17H2,1-3H3. The van der Waals surface area contributed by atoms with Gasteiger partial charge < -0.3 is 15.2 Å². The Labute approximate surface area is 125 Å². The van der Waals surface area contributed by atoms with Gasteiger partial charge in [0.05, 0.1) is 17.9 Å². The molecule has 2 aromatic rings. The quantitative estimate of drug-likeness (QED) is 0.918. The topological polar surface area (TPSA) is 64.2 Å². The number of carbonyl (C=O) groups is 1. The molecule has 0 aromatic carbocycles. The van der Waals surface area contributed by atoms with E-state index in [-0.39, 0.29) is 11.9 Å². The number of carbonyl (C=O) groups excluding carboxylic acids is 1. The van der Waals surface area contributed by atoms with Crippen molar-refractivity contribution in [1.29, 1.82) is 0 Å². The molecule has 0 unspecified atom stereocenters. The van der Waals surface area contributed by atoms with Crippen LogP contribution in [-0.2, 0) is 13.1 Å². The second-order valence-corrected chi connectivity index (χ2v) is 5.29. The van der Waals surface area contributed by atoms with Crippen LogP contribution in [0.25, 0.3) is 0 Å². The van der Waals surface area contributed by atoms with Crippen molar-refractivity contribution in [3.8, 4) is 0 Å². The van der Waals surface area contributed by atoms with Gasteiger partial charge in [0.15, 0.2) is 0 Å². The number of nitrogen functional groups attached to an aromatic ring is 1. The van der Waals surface area contributed by atoms with Crippen LogP contribution in [0.4, 0.5) is 5.69 Å². The molecule has 0 spiro atoms. The Kier molecular flexibility index (Phi) is 4.62. The van der Waals surface area contributed by atoms with Gasteiger partial charge in [-0.2, -0.15) is 0 Å². The third-order valence-electron chi connectivity index (χ3n) is 3.42. The maximum absolute atomic E-state index is 12.8. The maximum Gasteiger partial charge on any atom is 0.271 e. The lowest BCUT2D eigenvalue weighted by Gasteiger charge is -2.26. The highest BCUT2D eigenvalue weighted by atomic mass is 16.2. The number of hydrogen-bond acceptors (Lipinski definition) is 3. The minimum absolute atomic E-state index is 0.0193. The van der Waals surface area contributed by atoms with E-state index in [9.17, 15) is 4.79 Å². The van der Waals surface area contributed by atoms with Gasteiger partial charge in [0.1, 0.15) is 5.69 Å². The van der Waals surface area contributed by atoms with Crippen LogP contribution in [-0.4, -0.2) is 26.4 Å². The molecule has 1 amide bonds. The Hall–Kier alpha value is -2.30. The summed E-state index contributed by atoms with van der Waals surface area (Å²) in [6.45, 7) is 7.21. The van der Waals surface area contributed by atoms with Crippen LogP contribution in [0.3, 0.4) is 0 Å². The van der Waals surface area contributed by atoms with Crippen LogP contribution in [0, 0.1) is 0 Å². The summed E-state index contributed by atoms with van der Waals surface area (Å²) in [6, 6.07) is 7.54. The SMILES string of the molecule is CCn1cc(N)cc1C(=O)N(Cc1ccccn1)C(C)C. The van der Waals surface area contributed by atoms with Crippen LogP contribution >= 0.6 is 0 Å². The lowest BCUT2D eigenvalue weighted by molar-refractivity contribution is 0.0677. The summed E-state index contributed by atoms with van der Waals surface area (Å²) in [5, 5.41) is 0. The molecule has 0 saturated heterocycles. The number of aryl methyl sites for hydroxylation is 1. The highest BCUT2D eigenvalue weighted by molar-refractivity contribution is 5.94. The number of amides is 1. The van der Waals surface area contributed by atoms with Crippen LogP contribution in [0.2, 0.25) is 0 Å². The second-order valence-electron chi connectivity index (χ2n) is 5.29. The Morgan fingerprint density at radius 2 is 2.19 bits per heavy atom. The molecule has 2 rings (SSSR count). The number of nitrogens with zero attached hydrogens (tertiary/aromatic N) is 3. The van der Waals surface area contributed by atoms with E-state index in [1.165, 1.54) is 0 Å². The summed E-state index contributed by atoms with van der Waals surface area (Å²) < 4.78 is 1.88. The molecule has 0 radical (unpaired) electrons. The average Bonchev–Trinajstić information content (AvgIpc) is 2.86. The lowest BCUT2D eigenvalue weighted by Crippen LogP contribution is -2.37. The summed E-state index contributed by atoms with van der Waals surface area (Å²) in [6.07, 6.45) is 3.54. The molecule has 0 aliphatic heterocycles. The lowest BCUT2D eigenvalue weighted by atomic mass is 10.2. The highest BCUT2D eigenvalue weighted by Gasteiger charge is 2.22. The number of anilines is 1. The average molecular weight is 286 g/mol. The van der Waals surface area contributed by atoms with Crippen molar-refractivity contribution in [3.05, 3.63) is 48.0 Å². The monoisotopic (exact) mass is 286 g/mol. The van der Waals surface area contributed by atoms with Crippen molar-refractivity contribution in [3.63, 3.8) is 0 Å². The van der Waals surface area contributed by atoms with Crippen molar-refractivity contribution in [2.24, 2.45) is 0 Å². The van der Waals surface area contributed by atoms with Crippen LogP contribution in [0.15, 0.2) is 36.7 Å². The van der Waals surface area contributed by atoms with Crippen molar-refractivity contribution >= 4 is 11.6 Å². The van der Waals surface area contributed by atoms with E-state index in [4.69, 9.17) is 5.73 Å². The van der Waals surface area contributed by atoms with Crippen molar-refractivity contribution in [2.75, 3.05) is 5.73 Å². The van der Waals surface area contributed by atoms with E-state index in [2.05, 4.69) is 4.98 Å². The third-order valence-corrected chi connectivity index (χ3v) is 3.42. The second kappa shape index (κ2) is 6.43. The molecule has 5 heteroatoms. The third kappa shape index (κ3) is 3.42. The predicted octanol–water partition coefficient (Wildman–Crippen LogP) is 2.54. The van der Waals surface area contributed by atoms with Gasteiger partial charge >= 0.3 is 0 Å². The van der Waals surface area contributed by atoms with E-state index in [1.54, 1.807) is 18.5 Å². The molecule has 5 nitrogen and oxygen atoms in total. The number of hydrogen-bond donors (Lipinski definition) is 1. The molecule has 21 heavy (non-hydrogen) atoms. The minimum Gasteiger partial charge on any atom is -0.397 e. The zero-order valence-corrected chi connectivity index (χ0v) is 12.8. The molecule has 0 atom stereocenters. The maximum atomic E-state index is 12.8. The van der Waals surface area contributed by atoms with Crippen molar-refractivity contribution in [1.82, 2.24) is 14.5 Å². The zero-order chi connectivity index (χ0) is 15.4. The fraction of sp³-hybridized carbons (Fsp3) is 0.375. The van der Waals surface area contributed by atoms with Crippen LogP contribution in [0.5, 0.6) is 0 Å². The molecule has 0 bridgehead atoms. The highest BCUT2D eigenvalue weighted by Crippen LogP contribution is 2.16. The molecule has 112 valence electrons. The number of pyridine rings is 1. The van der Waals surface area contributed by atoms with Gasteiger partial charge in [-0.15, -0.1) is 0 Å². The minimum atomic E-state index is -0.0193. The van der Waals surface area contributed by atoms with E-state index < -0.39 is 0 Å². The van der Waals surface area contributed by atoms with E-state index in [0.717, 1.165) is 5.69 Å². The first-order valence-corrected chi connectivity index (χ1v) is 7.19. The van der Waals surface area contributed by atoms with Crippen LogP contribution < -0.4 is 5.73 Å². The predicted molar refractivity (Wildman–Crippen MR) is 83.8 cm³/mol. The van der Waals surface area contributed by atoms with Gasteiger partial charge in [-0.05, 0) is 39.0 Å². The summed E-state index contributed by atoms with van der Waals surface area (Å²) in [5.74, 6) is -0.0193. The van der Waals surface area contributed by atoms with Gasteiger partial charge in [0, 0.05) is 25.0 Å². The first-order chi connectivity index (χ1) is 10.0. The number of nitrogens with two attached hydrogens (primary N) is 1.